The Hall–Kier alpha value is -4.12. The standard InChI is InChI=1S/C22H17BrN4O6/c23-15-5-7-17(8-6-15)32-14-26-12-16(11-24-26)25-22(28)21-10-9-18(33-21)13-31-20-4-2-1-3-19(20)27(29)30/h1-12H,13-14H2,(H,25,28). The number of anilines is 1. The summed E-state index contributed by atoms with van der Waals surface area (Å²) < 4.78 is 19.1. The van der Waals surface area contributed by atoms with Crippen molar-refractivity contribution in [1.29, 1.82) is 0 Å². The number of halogens is 1. The maximum Gasteiger partial charge on any atom is 0.310 e. The number of benzene rings is 2. The van der Waals surface area contributed by atoms with Gasteiger partial charge in [0.25, 0.3) is 5.91 Å². The van der Waals surface area contributed by atoms with Crippen LogP contribution in [0.5, 0.6) is 11.5 Å². The van der Waals surface area contributed by atoms with Crippen molar-refractivity contribution in [2.24, 2.45) is 0 Å². The average molecular weight is 513 g/mol. The quantitative estimate of drug-likeness (QED) is 0.247. The van der Waals surface area contributed by atoms with Crippen molar-refractivity contribution >= 4 is 33.2 Å². The van der Waals surface area contributed by atoms with Crippen LogP contribution in [-0.4, -0.2) is 20.6 Å². The summed E-state index contributed by atoms with van der Waals surface area (Å²) in [7, 11) is 0. The molecule has 0 fully saturated rings. The van der Waals surface area contributed by atoms with Gasteiger partial charge in [0, 0.05) is 10.5 Å². The molecule has 33 heavy (non-hydrogen) atoms. The second kappa shape index (κ2) is 10.0. The number of furan rings is 1. The van der Waals surface area contributed by atoms with Gasteiger partial charge in [0.05, 0.1) is 23.0 Å². The highest BCUT2D eigenvalue weighted by atomic mass is 79.9. The number of nitro groups is 1. The van der Waals surface area contributed by atoms with Gasteiger partial charge in [-0.1, -0.05) is 28.1 Å². The first kappa shape index (κ1) is 22.1. The molecule has 2 aromatic heterocycles. The zero-order valence-electron chi connectivity index (χ0n) is 17.0. The summed E-state index contributed by atoms with van der Waals surface area (Å²) in [4.78, 5) is 23.0. The fourth-order valence-electron chi connectivity index (χ4n) is 2.82. The van der Waals surface area contributed by atoms with Crippen molar-refractivity contribution in [2.45, 2.75) is 13.3 Å². The Kier molecular flexibility index (Phi) is 6.69. The van der Waals surface area contributed by atoms with Crippen molar-refractivity contribution in [1.82, 2.24) is 9.78 Å². The lowest BCUT2D eigenvalue weighted by Gasteiger charge is -2.06. The van der Waals surface area contributed by atoms with Crippen molar-refractivity contribution < 1.29 is 23.6 Å². The first-order valence-corrected chi connectivity index (χ1v) is 10.4. The molecule has 11 heteroatoms. The lowest BCUT2D eigenvalue weighted by Crippen LogP contribution is -2.10. The van der Waals surface area contributed by atoms with Gasteiger partial charge in [0.2, 0.25) is 0 Å². The zero-order valence-corrected chi connectivity index (χ0v) is 18.6. The van der Waals surface area contributed by atoms with Crippen LogP contribution in [0.1, 0.15) is 16.3 Å². The van der Waals surface area contributed by atoms with Crippen LogP contribution < -0.4 is 14.8 Å². The summed E-state index contributed by atoms with van der Waals surface area (Å²) in [6.45, 7) is 0.106. The van der Waals surface area contributed by atoms with Crippen LogP contribution in [0.15, 0.2) is 81.9 Å². The molecule has 4 aromatic rings. The molecule has 0 unspecified atom stereocenters. The van der Waals surface area contributed by atoms with Crippen molar-refractivity contribution in [2.75, 3.05) is 5.32 Å². The number of nitrogens with zero attached hydrogens (tertiary/aromatic N) is 3. The van der Waals surface area contributed by atoms with Gasteiger partial charge in [-0.3, -0.25) is 14.9 Å². The Morgan fingerprint density at radius 1 is 1.12 bits per heavy atom. The highest BCUT2D eigenvalue weighted by molar-refractivity contribution is 9.10. The minimum Gasteiger partial charge on any atom is -0.479 e. The summed E-state index contributed by atoms with van der Waals surface area (Å²) in [5.74, 6) is 0.736. The van der Waals surface area contributed by atoms with Gasteiger partial charge in [0.15, 0.2) is 18.2 Å². The molecule has 2 aromatic carbocycles. The second-order valence-electron chi connectivity index (χ2n) is 6.73. The second-order valence-corrected chi connectivity index (χ2v) is 7.65. The predicted octanol–water partition coefficient (Wildman–Crippen LogP) is 5.01. The SMILES string of the molecule is O=C(Nc1cnn(COc2ccc(Br)cc2)c1)c1ccc(COc2ccccc2[N+](=O)[O-])o1. The Balaban J connectivity index is 1.31. The molecule has 1 amide bonds. The van der Waals surface area contributed by atoms with Crippen molar-refractivity contribution in [3.05, 3.63) is 99.2 Å². The third-order valence-electron chi connectivity index (χ3n) is 4.39. The zero-order chi connectivity index (χ0) is 23.2. The lowest BCUT2D eigenvalue weighted by molar-refractivity contribution is -0.386. The topological polar surface area (TPSA) is 122 Å². The highest BCUT2D eigenvalue weighted by Crippen LogP contribution is 2.27. The fraction of sp³-hybridized carbons (Fsp3) is 0.0909. The Morgan fingerprint density at radius 3 is 2.70 bits per heavy atom. The van der Waals surface area contributed by atoms with E-state index in [0.29, 0.717) is 17.2 Å². The molecular weight excluding hydrogens is 496 g/mol. The Morgan fingerprint density at radius 2 is 1.91 bits per heavy atom. The number of hydrogen-bond donors (Lipinski definition) is 1. The van der Waals surface area contributed by atoms with E-state index in [1.54, 1.807) is 24.4 Å². The number of aromatic nitrogens is 2. The minimum absolute atomic E-state index is 0.0648. The number of carbonyl (C=O) groups is 1. The molecule has 0 aliphatic rings. The number of nitrogens with one attached hydrogen (secondary N) is 1. The predicted molar refractivity (Wildman–Crippen MR) is 121 cm³/mol. The first-order chi connectivity index (χ1) is 16.0. The number of hydrogen-bond acceptors (Lipinski definition) is 7. The van der Waals surface area contributed by atoms with Crippen LogP contribution in [-0.2, 0) is 13.3 Å². The molecule has 0 saturated carbocycles. The molecule has 10 nitrogen and oxygen atoms in total. The Labute approximate surface area is 196 Å². The van der Waals surface area contributed by atoms with Crippen LogP contribution in [0.2, 0.25) is 0 Å². The molecule has 2 heterocycles. The van der Waals surface area contributed by atoms with E-state index in [4.69, 9.17) is 13.9 Å². The van der Waals surface area contributed by atoms with Crippen LogP contribution in [0.3, 0.4) is 0 Å². The monoisotopic (exact) mass is 512 g/mol. The fourth-order valence-corrected chi connectivity index (χ4v) is 3.08. The summed E-state index contributed by atoms with van der Waals surface area (Å²) in [6, 6.07) is 16.5. The number of para-hydroxylation sites is 2. The number of ether oxygens (including phenoxy) is 2. The molecule has 0 saturated heterocycles. The number of amides is 1. The van der Waals surface area contributed by atoms with Gasteiger partial charge >= 0.3 is 5.69 Å². The molecule has 1 N–H and O–H groups in total. The van der Waals surface area contributed by atoms with Gasteiger partial charge in [-0.2, -0.15) is 5.10 Å². The number of nitro benzene ring substituents is 1. The summed E-state index contributed by atoms with van der Waals surface area (Å²) in [5, 5.41) is 17.9. The molecule has 0 spiro atoms. The maximum absolute atomic E-state index is 12.5. The van der Waals surface area contributed by atoms with E-state index in [1.807, 2.05) is 24.3 Å². The smallest absolute Gasteiger partial charge is 0.310 e. The summed E-state index contributed by atoms with van der Waals surface area (Å²) in [6.07, 6.45) is 3.11. The molecular formula is C22H17BrN4O6. The van der Waals surface area contributed by atoms with Gasteiger partial charge in [-0.25, -0.2) is 4.68 Å². The lowest BCUT2D eigenvalue weighted by atomic mass is 10.3. The van der Waals surface area contributed by atoms with Gasteiger partial charge in [0.1, 0.15) is 18.1 Å². The van der Waals surface area contributed by atoms with E-state index in [1.165, 1.54) is 29.1 Å². The third-order valence-corrected chi connectivity index (χ3v) is 4.91. The molecule has 0 radical (unpaired) electrons. The van der Waals surface area contributed by atoms with Crippen LogP contribution in [0.4, 0.5) is 11.4 Å². The largest absolute Gasteiger partial charge is 0.479 e. The average Bonchev–Trinajstić information content (AvgIpc) is 3.47. The number of rotatable bonds is 9. The highest BCUT2D eigenvalue weighted by Gasteiger charge is 2.16. The van der Waals surface area contributed by atoms with Crippen molar-refractivity contribution in [3.63, 3.8) is 0 Å². The minimum atomic E-state index is -0.527. The third kappa shape index (κ3) is 5.77. The van der Waals surface area contributed by atoms with Crippen LogP contribution >= 0.6 is 15.9 Å². The molecule has 0 bridgehead atoms. The molecule has 4 rings (SSSR count). The number of carbonyl (C=O) groups excluding carboxylic acids is 1. The van der Waals surface area contributed by atoms with E-state index < -0.39 is 10.8 Å². The van der Waals surface area contributed by atoms with Crippen LogP contribution in [0.25, 0.3) is 0 Å². The maximum atomic E-state index is 12.5. The van der Waals surface area contributed by atoms with Gasteiger partial charge < -0.3 is 19.2 Å². The van der Waals surface area contributed by atoms with Crippen LogP contribution in [0, 0.1) is 10.1 Å². The van der Waals surface area contributed by atoms with E-state index in [9.17, 15) is 14.9 Å². The van der Waals surface area contributed by atoms with Crippen molar-refractivity contribution in [3.8, 4) is 11.5 Å². The molecule has 168 valence electrons. The molecule has 0 aliphatic carbocycles. The first-order valence-electron chi connectivity index (χ1n) is 9.65. The molecule has 0 aliphatic heterocycles. The van der Waals surface area contributed by atoms with E-state index in [-0.39, 0.29) is 30.5 Å². The van der Waals surface area contributed by atoms with E-state index in [0.717, 1.165) is 4.47 Å². The van der Waals surface area contributed by atoms with Gasteiger partial charge in [-0.15, -0.1) is 0 Å². The van der Waals surface area contributed by atoms with E-state index >= 15 is 0 Å². The van der Waals surface area contributed by atoms with E-state index in [2.05, 4.69) is 26.3 Å². The normalized spacial score (nSPS) is 10.6. The summed E-state index contributed by atoms with van der Waals surface area (Å²) >= 11 is 3.36. The Bertz CT molecular complexity index is 1270. The summed E-state index contributed by atoms with van der Waals surface area (Å²) in [5.41, 5.74) is 0.316. The van der Waals surface area contributed by atoms with Gasteiger partial charge in [-0.05, 0) is 42.5 Å². The molecule has 0 atom stereocenters.